The minimum atomic E-state index is 0. The molecule has 0 aromatic heterocycles. The molecule has 0 saturated heterocycles. The van der Waals surface area contributed by atoms with E-state index in [4.69, 9.17) is 0 Å². The van der Waals surface area contributed by atoms with Crippen LogP contribution in [0.1, 0.15) is 38.8 Å². The van der Waals surface area contributed by atoms with Crippen LogP contribution < -0.4 is 0 Å². The number of allylic oxidation sites excluding steroid dienone is 8. The van der Waals surface area contributed by atoms with E-state index >= 15 is 0 Å². The summed E-state index contributed by atoms with van der Waals surface area (Å²) in [4.78, 5) is 0. The maximum Gasteiger partial charge on any atom is 0.0242 e. The standard InChI is InChI=1S/C22H22.H3P/c1-19-11-7-8-12-20(19,2)18-14-22(4)16-10-6-5-9-15(16)21(22,3)13-17(18)19;/h5-14H,1-4H3;1H3. The molecule has 1 saturated carbocycles. The lowest BCUT2D eigenvalue weighted by Gasteiger charge is -2.66. The normalized spacial score (nSPS) is 44.2. The van der Waals surface area contributed by atoms with Crippen molar-refractivity contribution in [3.8, 4) is 0 Å². The van der Waals surface area contributed by atoms with Gasteiger partial charge >= 0.3 is 0 Å². The summed E-state index contributed by atoms with van der Waals surface area (Å²) in [5, 5.41) is 0. The van der Waals surface area contributed by atoms with Gasteiger partial charge in [0.25, 0.3) is 0 Å². The molecule has 0 spiro atoms. The van der Waals surface area contributed by atoms with Crippen LogP contribution in [-0.4, -0.2) is 0 Å². The van der Waals surface area contributed by atoms with Crippen molar-refractivity contribution in [2.24, 2.45) is 10.8 Å². The molecule has 4 aliphatic rings. The highest BCUT2D eigenvalue weighted by Gasteiger charge is 2.65. The van der Waals surface area contributed by atoms with Gasteiger partial charge in [-0.2, -0.15) is 9.90 Å². The first-order valence-corrected chi connectivity index (χ1v) is 8.31. The molecule has 4 aliphatic carbocycles. The van der Waals surface area contributed by atoms with Gasteiger partial charge in [0, 0.05) is 21.7 Å². The Morgan fingerprint density at radius 3 is 1.39 bits per heavy atom. The molecule has 0 amide bonds. The maximum atomic E-state index is 2.58. The van der Waals surface area contributed by atoms with Gasteiger partial charge in [-0.1, -0.05) is 88.4 Å². The molecule has 0 bridgehead atoms. The van der Waals surface area contributed by atoms with E-state index in [2.05, 4.69) is 88.4 Å². The zero-order valence-electron chi connectivity index (χ0n) is 14.5. The molecule has 118 valence electrons. The summed E-state index contributed by atoms with van der Waals surface area (Å²) in [6, 6.07) is 8.97. The van der Waals surface area contributed by atoms with Crippen LogP contribution in [0.3, 0.4) is 0 Å². The molecule has 5 atom stereocenters. The van der Waals surface area contributed by atoms with Crippen molar-refractivity contribution in [2.45, 2.75) is 38.5 Å². The third-order valence-corrected chi connectivity index (χ3v) is 7.45. The van der Waals surface area contributed by atoms with Crippen molar-refractivity contribution < 1.29 is 0 Å². The van der Waals surface area contributed by atoms with Crippen molar-refractivity contribution in [1.82, 2.24) is 0 Å². The van der Waals surface area contributed by atoms with E-state index < -0.39 is 0 Å². The Morgan fingerprint density at radius 2 is 1.00 bits per heavy atom. The second-order valence-electron chi connectivity index (χ2n) is 8.19. The van der Waals surface area contributed by atoms with E-state index in [9.17, 15) is 0 Å². The maximum absolute atomic E-state index is 2.58. The van der Waals surface area contributed by atoms with E-state index in [-0.39, 0.29) is 31.6 Å². The van der Waals surface area contributed by atoms with Crippen molar-refractivity contribution in [2.75, 3.05) is 0 Å². The van der Waals surface area contributed by atoms with Crippen LogP contribution in [0.5, 0.6) is 0 Å². The van der Waals surface area contributed by atoms with Crippen LogP contribution in [-0.2, 0) is 10.8 Å². The molecule has 0 radical (unpaired) electrons. The lowest BCUT2D eigenvalue weighted by atomic mass is 9.36. The molecule has 5 unspecified atom stereocenters. The van der Waals surface area contributed by atoms with Crippen LogP contribution in [0.2, 0.25) is 0 Å². The van der Waals surface area contributed by atoms with Gasteiger partial charge in [-0.05, 0) is 22.3 Å². The van der Waals surface area contributed by atoms with E-state index in [1.165, 1.54) is 11.1 Å². The van der Waals surface area contributed by atoms with Crippen molar-refractivity contribution in [3.63, 3.8) is 0 Å². The Hall–Kier alpha value is -1.39. The molecule has 0 aliphatic heterocycles. The lowest BCUT2D eigenvalue weighted by molar-refractivity contribution is 0.181. The third kappa shape index (κ3) is 1.28. The van der Waals surface area contributed by atoms with Crippen LogP contribution in [0.15, 0.2) is 71.9 Å². The molecular weight excluding hydrogens is 295 g/mol. The predicted octanol–water partition coefficient (Wildman–Crippen LogP) is 5.29. The molecule has 0 nitrogen and oxygen atoms in total. The zero-order valence-corrected chi connectivity index (χ0v) is 15.9. The quantitative estimate of drug-likeness (QED) is 0.570. The van der Waals surface area contributed by atoms with E-state index in [0.717, 1.165) is 0 Å². The van der Waals surface area contributed by atoms with Gasteiger partial charge in [-0.15, -0.1) is 0 Å². The van der Waals surface area contributed by atoms with Crippen LogP contribution in [0.25, 0.3) is 0 Å². The van der Waals surface area contributed by atoms with Crippen molar-refractivity contribution in [1.29, 1.82) is 0 Å². The average Bonchev–Trinajstić information content (AvgIpc) is 2.52. The summed E-state index contributed by atoms with van der Waals surface area (Å²) in [7, 11) is 0. The van der Waals surface area contributed by atoms with Gasteiger partial charge < -0.3 is 0 Å². The summed E-state index contributed by atoms with van der Waals surface area (Å²) in [6.07, 6.45) is 14.4. The van der Waals surface area contributed by atoms with Crippen molar-refractivity contribution >= 4 is 9.90 Å². The minimum Gasteiger partial charge on any atom is -0.153 e. The first kappa shape index (κ1) is 15.2. The van der Waals surface area contributed by atoms with Crippen LogP contribution in [0.4, 0.5) is 0 Å². The summed E-state index contributed by atoms with van der Waals surface area (Å²) in [5.41, 5.74) is 6.70. The molecule has 5 rings (SSSR count). The highest BCUT2D eigenvalue weighted by atomic mass is 31.0. The van der Waals surface area contributed by atoms with Gasteiger partial charge in [-0.25, -0.2) is 0 Å². The number of hydrogen-bond acceptors (Lipinski definition) is 0. The van der Waals surface area contributed by atoms with Gasteiger partial charge in [0.2, 0.25) is 0 Å². The Labute approximate surface area is 142 Å². The summed E-state index contributed by atoms with van der Waals surface area (Å²) < 4.78 is 0. The Balaban J connectivity index is 0.00000135. The summed E-state index contributed by atoms with van der Waals surface area (Å²) in [5.74, 6) is 0. The molecule has 0 heterocycles. The van der Waals surface area contributed by atoms with E-state index in [1.54, 1.807) is 11.1 Å². The Kier molecular flexibility index (Phi) is 2.62. The summed E-state index contributed by atoms with van der Waals surface area (Å²) >= 11 is 0. The Morgan fingerprint density at radius 1 is 0.609 bits per heavy atom. The second kappa shape index (κ2) is 3.98. The minimum absolute atomic E-state index is 0. The van der Waals surface area contributed by atoms with Crippen LogP contribution >= 0.6 is 9.90 Å². The predicted molar refractivity (Wildman–Crippen MR) is 103 cm³/mol. The molecule has 1 heteroatoms. The summed E-state index contributed by atoms with van der Waals surface area (Å²) in [6.45, 7) is 9.62. The largest absolute Gasteiger partial charge is 0.153 e. The first-order valence-electron chi connectivity index (χ1n) is 8.31. The molecule has 1 aromatic rings. The zero-order chi connectivity index (χ0) is 15.4. The molecule has 0 N–H and O–H groups in total. The van der Waals surface area contributed by atoms with Crippen LogP contribution in [0, 0.1) is 10.8 Å². The third-order valence-electron chi connectivity index (χ3n) is 7.45. The fourth-order valence-electron chi connectivity index (χ4n) is 5.45. The van der Waals surface area contributed by atoms with Gasteiger partial charge in [0.05, 0.1) is 0 Å². The Bertz CT molecular complexity index is 783. The lowest BCUT2D eigenvalue weighted by Crippen LogP contribution is -2.60. The smallest absolute Gasteiger partial charge is 0.0242 e. The number of rotatable bonds is 0. The highest BCUT2D eigenvalue weighted by molar-refractivity contribution is 6.92. The number of fused-ring (bicyclic) bond motifs is 8. The monoisotopic (exact) mass is 320 g/mol. The number of hydrogen-bond donors (Lipinski definition) is 0. The number of benzene rings is 1. The van der Waals surface area contributed by atoms with Crippen molar-refractivity contribution in [3.05, 3.63) is 83.0 Å². The van der Waals surface area contributed by atoms with E-state index in [1.807, 2.05) is 0 Å². The van der Waals surface area contributed by atoms with Gasteiger partial charge in [0.15, 0.2) is 0 Å². The SMILES string of the molecule is CC12C=CC=CC1(C)C1=CC3(C)c4ccccc4C3(C)C=C12.P. The second-order valence-corrected chi connectivity index (χ2v) is 8.19. The molecular formula is C22H25P. The highest BCUT2D eigenvalue weighted by Crippen LogP contribution is 2.73. The van der Waals surface area contributed by atoms with E-state index in [0.29, 0.717) is 0 Å². The van der Waals surface area contributed by atoms with Gasteiger partial charge in [0.1, 0.15) is 0 Å². The molecule has 23 heavy (non-hydrogen) atoms. The fraction of sp³-hybridized carbons (Fsp3) is 0.364. The van der Waals surface area contributed by atoms with Gasteiger partial charge in [-0.3, -0.25) is 0 Å². The fourth-order valence-corrected chi connectivity index (χ4v) is 5.45. The topological polar surface area (TPSA) is 0 Å². The molecule has 1 aromatic carbocycles. The molecule has 1 fully saturated rings. The first-order chi connectivity index (χ1) is 10.4. The average molecular weight is 320 g/mol.